The molecule has 1 saturated carbocycles. The lowest BCUT2D eigenvalue weighted by atomic mass is 9.94. The van der Waals surface area contributed by atoms with Crippen LogP contribution < -0.4 is 5.32 Å². The Balaban J connectivity index is 1.79. The van der Waals surface area contributed by atoms with Crippen molar-refractivity contribution in [2.45, 2.75) is 57.5 Å². The summed E-state index contributed by atoms with van der Waals surface area (Å²) in [4.78, 5) is 2.56. The summed E-state index contributed by atoms with van der Waals surface area (Å²) in [6, 6.07) is 0.898. The van der Waals surface area contributed by atoms with Gasteiger partial charge in [-0.1, -0.05) is 26.2 Å². The van der Waals surface area contributed by atoms with Gasteiger partial charge in [0.2, 0.25) is 0 Å². The maximum atomic E-state index is 11.6. The lowest BCUT2D eigenvalue weighted by molar-refractivity contribution is 0.157. The molecule has 0 aromatic carbocycles. The first kappa shape index (κ1) is 15.3. The van der Waals surface area contributed by atoms with Crippen LogP contribution in [0, 0.1) is 0 Å². The van der Waals surface area contributed by atoms with E-state index in [1.165, 1.54) is 32.1 Å². The summed E-state index contributed by atoms with van der Waals surface area (Å²) >= 11 is 0. The predicted molar refractivity (Wildman–Crippen MR) is 79.2 cm³/mol. The fraction of sp³-hybridized carbons (Fsp3) is 1.00. The van der Waals surface area contributed by atoms with E-state index in [1.807, 2.05) is 0 Å². The van der Waals surface area contributed by atoms with Crippen molar-refractivity contribution < 1.29 is 8.42 Å². The normalized spacial score (nSPS) is 28.6. The molecule has 1 atom stereocenters. The molecule has 19 heavy (non-hydrogen) atoms. The van der Waals surface area contributed by atoms with E-state index >= 15 is 0 Å². The molecule has 2 fully saturated rings. The van der Waals surface area contributed by atoms with Gasteiger partial charge in [0.25, 0.3) is 0 Å². The third-order valence-electron chi connectivity index (χ3n) is 4.56. The van der Waals surface area contributed by atoms with Gasteiger partial charge in [-0.3, -0.25) is 0 Å². The molecular formula is C14H28N2O2S. The number of hydrogen-bond donors (Lipinski definition) is 1. The zero-order valence-electron chi connectivity index (χ0n) is 12.1. The van der Waals surface area contributed by atoms with Crippen molar-refractivity contribution in [3.8, 4) is 0 Å². The molecule has 112 valence electrons. The fourth-order valence-corrected chi connectivity index (χ4v) is 4.91. The van der Waals surface area contributed by atoms with Crippen molar-refractivity contribution in [3.63, 3.8) is 0 Å². The smallest absolute Gasteiger partial charge is 0.153 e. The van der Waals surface area contributed by atoms with Gasteiger partial charge in [0, 0.05) is 18.6 Å². The predicted octanol–water partition coefficient (Wildman–Crippen LogP) is 1.42. The molecule has 5 heteroatoms. The second kappa shape index (κ2) is 7.04. The first-order valence-corrected chi connectivity index (χ1v) is 9.61. The van der Waals surface area contributed by atoms with Crippen LogP contribution in [0.1, 0.15) is 45.4 Å². The zero-order valence-corrected chi connectivity index (χ0v) is 12.9. The van der Waals surface area contributed by atoms with Crippen LogP contribution in [0.5, 0.6) is 0 Å². The maximum Gasteiger partial charge on any atom is 0.153 e. The maximum absolute atomic E-state index is 11.6. The van der Waals surface area contributed by atoms with E-state index in [4.69, 9.17) is 0 Å². The van der Waals surface area contributed by atoms with Gasteiger partial charge in [0.1, 0.15) is 0 Å². The first-order chi connectivity index (χ1) is 9.11. The van der Waals surface area contributed by atoms with Crippen LogP contribution in [-0.2, 0) is 9.84 Å². The summed E-state index contributed by atoms with van der Waals surface area (Å²) in [6.07, 6.45) is 7.71. The summed E-state index contributed by atoms with van der Waals surface area (Å²) in [5.74, 6) is 0.638. The van der Waals surface area contributed by atoms with Crippen molar-refractivity contribution >= 4 is 9.84 Å². The molecule has 1 aliphatic heterocycles. The second-order valence-corrected chi connectivity index (χ2v) is 8.20. The van der Waals surface area contributed by atoms with Crippen molar-refractivity contribution in [3.05, 3.63) is 0 Å². The molecule has 0 aromatic heterocycles. The van der Waals surface area contributed by atoms with E-state index in [-0.39, 0.29) is 6.04 Å². The average Bonchev–Trinajstić information content (AvgIpc) is 2.39. The lowest BCUT2D eigenvalue weighted by Gasteiger charge is -2.35. The van der Waals surface area contributed by atoms with Gasteiger partial charge in [0.05, 0.1) is 11.5 Å². The van der Waals surface area contributed by atoms with Crippen LogP contribution in [0.4, 0.5) is 0 Å². The van der Waals surface area contributed by atoms with Crippen molar-refractivity contribution in [1.82, 2.24) is 10.2 Å². The van der Waals surface area contributed by atoms with E-state index in [1.54, 1.807) is 0 Å². The van der Waals surface area contributed by atoms with Crippen LogP contribution in [0.2, 0.25) is 0 Å². The van der Waals surface area contributed by atoms with Gasteiger partial charge in [-0.05, 0) is 32.4 Å². The van der Waals surface area contributed by atoms with Crippen molar-refractivity contribution in [2.75, 3.05) is 31.1 Å². The number of nitrogens with one attached hydrogen (secondary N) is 1. The summed E-state index contributed by atoms with van der Waals surface area (Å²) in [7, 11) is -2.79. The summed E-state index contributed by atoms with van der Waals surface area (Å²) in [6.45, 7) is 4.97. The molecule has 0 spiro atoms. The van der Waals surface area contributed by atoms with E-state index in [2.05, 4.69) is 17.1 Å². The molecule has 4 nitrogen and oxygen atoms in total. The van der Waals surface area contributed by atoms with Gasteiger partial charge in [0.15, 0.2) is 9.84 Å². The third kappa shape index (κ3) is 4.72. The number of nitrogens with zero attached hydrogens (tertiary/aromatic N) is 1. The number of sulfone groups is 1. The number of hydrogen-bond acceptors (Lipinski definition) is 4. The highest BCUT2D eigenvalue weighted by molar-refractivity contribution is 7.91. The standard InChI is InChI=1S/C14H28N2O2S/c1-2-16(14-6-4-3-5-7-14)10-8-13-12-19(17,18)11-9-15-13/h13-15H,2-12H2,1H3. The quantitative estimate of drug-likeness (QED) is 0.831. The van der Waals surface area contributed by atoms with Crippen LogP contribution >= 0.6 is 0 Å². The first-order valence-electron chi connectivity index (χ1n) is 7.78. The highest BCUT2D eigenvalue weighted by Gasteiger charge is 2.26. The van der Waals surface area contributed by atoms with Gasteiger partial charge in [-0.25, -0.2) is 8.42 Å². The van der Waals surface area contributed by atoms with Gasteiger partial charge in [-0.2, -0.15) is 0 Å². The average molecular weight is 288 g/mol. The molecular weight excluding hydrogens is 260 g/mol. The van der Waals surface area contributed by atoms with Gasteiger partial charge >= 0.3 is 0 Å². The Morgan fingerprint density at radius 2 is 1.95 bits per heavy atom. The van der Waals surface area contributed by atoms with Crippen LogP contribution in [0.25, 0.3) is 0 Å². The van der Waals surface area contributed by atoms with Crippen molar-refractivity contribution in [2.24, 2.45) is 0 Å². The van der Waals surface area contributed by atoms with E-state index in [0.717, 1.165) is 25.6 Å². The Morgan fingerprint density at radius 1 is 1.21 bits per heavy atom. The molecule has 0 aromatic rings. The molecule has 0 amide bonds. The molecule has 1 aliphatic carbocycles. The summed E-state index contributed by atoms with van der Waals surface area (Å²) < 4.78 is 23.2. The molecule has 0 bridgehead atoms. The highest BCUT2D eigenvalue weighted by atomic mass is 32.2. The summed E-state index contributed by atoms with van der Waals surface area (Å²) in [5, 5.41) is 3.35. The largest absolute Gasteiger partial charge is 0.312 e. The Bertz CT molecular complexity index is 364. The minimum Gasteiger partial charge on any atom is -0.312 e. The Morgan fingerprint density at radius 3 is 2.58 bits per heavy atom. The van der Waals surface area contributed by atoms with E-state index in [0.29, 0.717) is 18.1 Å². The molecule has 2 aliphatic rings. The van der Waals surface area contributed by atoms with Crippen LogP contribution in [-0.4, -0.2) is 56.5 Å². The molecule has 1 N–H and O–H groups in total. The highest BCUT2D eigenvalue weighted by Crippen LogP contribution is 2.22. The Hall–Kier alpha value is -0.130. The lowest BCUT2D eigenvalue weighted by Crippen LogP contribution is -2.47. The topological polar surface area (TPSA) is 49.4 Å². The minimum absolute atomic E-state index is 0.163. The Labute approximate surface area is 117 Å². The Kier molecular flexibility index (Phi) is 5.66. The third-order valence-corrected chi connectivity index (χ3v) is 6.30. The fourth-order valence-electron chi connectivity index (χ4n) is 3.42. The van der Waals surface area contributed by atoms with E-state index in [9.17, 15) is 8.42 Å². The number of rotatable bonds is 5. The van der Waals surface area contributed by atoms with E-state index < -0.39 is 9.84 Å². The SMILES string of the molecule is CCN(CCC1CS(=O)(=O)CCN1)C1CCCCC1. The second-order valence-electron chi connectivity index (χ2n) is 5.97. The molecule has 1 heterocycles. The summed E-state index contributed by atoms with van der Waals surface area (Å²) in [5.41, 5.74) is 0. The van der Waals surface area contributed by atoms with Gasteiger partial charge in [-0.15, -0.1) is 0 Å². The van der Waals surface area contributed by atoms with Gasteiger partial charge < -0.3 is 10.2 Å². The molecule has 0 radical (unpaired) electrons. The zero-order chi connectivity index (χ0) is 13.7. The molecule has 1 unspecified atom stereocenters. The van der Waals surface area contributed by atoms with Crippen LogP contribution in [0.15, 0.2) is 0 Å². The van der Waals surface area contributed by atoms with Crippen LogP contribution in [0.3, 0.4) is 0 Å². The van der Waals surface area contributed by atoms with Crippen molar-refractivity contribution in [1.29, 1.82) is 0 Å². The molecule has 1 saturated heterocycles. The minimum atomic E-state index is -2.79. The molecule has 2 rings (SSSR count). The monoisotopic (exact) mass is 288 g/mol.